The lowest BCUT2D eigenvalue weighted by molar-refractivity contribution is -0.116. The molecule has 0 radical (unpaired) electrons. The van der Waals surface area contributed by atoms with Crippen molar-refractivity contribution in [2.45, 2.75) is 25.8 Å². The third-order valence-electron chi connectivity index (χ3n) is 4.99. The van der Waals surface area contributed by atoms with E-state index in [-0.39, 0.29) is 30.7 Å². The summed E-state index contributed by atoms with van der Waals surface area (Å²) >= 11 is 0. The van der Waals surface area contributed by atoms with Crippen molar-refractivity contribution in [2.24, 2.45) is 7.05 Å². The number of hydrogen-bond donors (Lipinski definition) is 2. The second-order valence-corrected chi connectivity index (χ2v) is 6.78. The number of hydrogen-bond acceptors (Lipinski definition) is 5. The maximum Gasteiger partial charge on any atom is 0.261 e. The lowest BCUT2D eigenvalue weighted by Crippen LogP contribution is -2.31. The van der Waals surface area contributed by atoms with Crippen LogP contribution in [0.3, 0.4) is 0 Å². The van der Waals surface area contributed by atoms with E-state index in [1.54, 1.807) is 28.9 Å². The molecule has 8 nitrogen and oxygen atoms in total. The fraction of sp³-hybridized carbons (Fsp3) is 0.368. The number of benzene rings is 1. The maximum atomic E-state index is 12.3. The molecule has 27 heavy (non-hydrogen) atoms. The first kappa shape index (κ1) is 17.4. The summed E-state index contributed by atoms with van der Waals surface area (Å²) in [6.45, 7) is 1.80. The number of nitrogens with zero attached hydrogens (tertiary/aromatic N) is 3. The molecule has 0 saturated heterocycles. The number of aryl methyl sites for hydroxylation is 1. The lowest BCUT2D eigenvalue weighted by Gasteiger charge is -2.15. The summed E-state index contributed by atoms with van der Waals surface area (Å²) in [4.78, 5) is 38.2. The molecule has 0 saturated carbocycles. The minimum absolute atomic E-state index is 0.150. The van der Waals surface area contributed by atoms with E-state index in [1.165, 1.54) is 4.90 Å². The Morgan fingerprint density at radius 3 is 2.63 bits per heavy atom. The number of anilines is 1. The molecule has 2 aliphatic heterocycles. The number of rotatable bonds is 5. The van der Waals surface area contributed by atoms with Gasteiger partial charge in [0.15, 0.2) is 0 Å². The highest BCUT2D eigenvalue weighted by molar-refractivity contribution is 6.21. The normalized spacial score (nSPS) is 15.7. The van der Waals surface area contributed by atoms with Crippen LogP contribution >= 0.6 is 0 Å². The lowest BCUT2D eigenvalue weighted by atomic mass is 10.1. The molecule has 0 unspecified atom stereocenters. The van der Waals surface area contributed by atoms with Crippen LogP contribution in [-0.4, -0.2) is 45.5 Å². The molecular weight excluding hydrogens is 346 g/mol. The fourth-order valence-corrected chi connectivity index (χ4v) is 3.62. The molecule has 3 heterocycles. The van der Waals surface area contributed by atoms with Crippen molar-refractivity contribution >= 4 is 23.5 Å². The summed E-state index contributed by atoms with van der Waals surface area (Å²) in [5.74, 6) is -0.0171. The first-order chi connectivity index (χ1) is 13.1. The molecule has 4 rings (SSSR count). The number of amides is 3. The van der Waals surface area contributed by atoms with E-state index < -0.39 is 0 Å². The monoisotopic (exact) mass is 367 g/mol. The Labute approximate surface area is 156 Å². The van der Waals surface area contributed by atoms with Gasteiger partial charge in [-0.1, -0.05) is 12.1 Å². The first-order valence-electron chi connectivity index (χ1n) is 9.07. The van der Waals surface area contributed by atoms with Crippen molar-refractivity contribution in [2.75, 3.05) is 18.4 Å². The fourth-order valence-electron chi connectivity index (χ4n) is 3.62. The average molecular weight is 367 g/mol. The van der Waals surface area contributed by atoms with Crippen molar-refractivity contribution in [3.8, 4) is 0 Å². The minimum atomic E-state index is -0.289. The van der Waals surface area contributed by atoms with Crippen LogP contribution in [0.4, 0.5) is 5.82 Å². The number of carbonyl (C=O) groups excluding carboxylic acids is 3. The van der Waals surface area contributed by atoms with E-state index >= 15 is 0 Å². The van der Waals surface area contributed by atoms with Gasteiger partial charge in [0.1, 0.15) is 5.82 Å². The second-order valence-electron chi connectivity index (χ2n) is 6.78. The smallest absolute Gasteiger partial charge is 0.261 e. The number of nitrogens with one attached hydrogen (secondary N) is 2. The quantitative estimate of drug-likeness (QED) is 0.771. The third kappa shape index (κ3) is 3.12. The zero-order valence-corrected chi connectivity index (χ0v) is 15.1. The summed E-state index contributed by atoms with van der Waals surface area (Å²) in [5, 5.41) is 10.7. The van der Waals surface area contributed by atoms with Crippen molar-refractivity contribution in [1.29, 1.82) is 0 Å². The van der Waals surface area contributed by atoms with Gasteiger partial charge in [0, 0.05) is 45.1 Å². The Balaban J connectivity index is 1.34. The highest BCUT2D eigenvalue weighted by atomic mass is 16.2. The molecule has 0 spiro atoms. The van der Waals surface area contributed by atoms with E-state index in [4.69, 9.17) is 0 Å². The third-order valence-corrected chi connectivity index (χ3v) is 4.99. The summed E-state index contributed by atoms with van der Waals surface area (Å²) in [7, 11) is 1.81. The molecule has 0 aliphatic carbocycles. The largest absolute Gasteiger partial charge is 0.312 e. The number of aromatic nitrogens is 2. The molecule has 8 heteroatoms. The van der Waals surface area contributed by atoms with E-state index in [2.05, 4.69) is 15.7 Å². The molecule has 1 aromatic heterocycles. The van der Waals surface area contributed by atoms with Gasteiger partial charge in [-0.2, -0.15) is 5.10 Å². The van der Waals surface area contributed by atoms with Crippen LogP contribution in [0.1, 0.15) is 44.8 Å². The highest BCUT2D eigenvalue weighted by Gasteiger charge is 2.34. The first-order valence-corrected chi connectivity index (χ1v) is 9.07. The molecule has 0 fully saturated rings. The Kier molecular flexibility index (Phi) is 4.49. The summed E-state index contributed by atoms with van der Waals surface area (Å²) in [5.41, 5.74) is 2.90. The molecule has 0 atom stereocenters. The van der Waals surface area contributed by atoms with Gasteiger partial charge in [0.05, 0.1) is 16.8 Å². The number of imide groups is 1. The van der Waals surface area contributed by atoms with Crippen LogP contribution in [0, 0.1) is 0 Å². The number of carbonyl (C=O) groups is 3. The highest BCUT2D eigenvalue weighted by Crippen LogP contribution is 2.24. The molecule has 1 aromatic carbocycles. The van der Waals surface area contributed by atoms with E-state index in [1.807, 2.05) is 7.05 Å². The molecule has 2 aliphatic rings. The van der Waals surface area contributed by atoms with Crippen molar-refractivity contribution in [1.82, 2.24) is 20.0 Å². The maximum absolute atomic E-state index is 12.3. The zero-order valence-electron chi connectivity index (χ0n) is 15.1. The van der Waals surface area contributed by atoms with Crippen LogP contribution in [0.15, 0.2) is 24.3 Å². The Morgan fingerprint density at radius 1 is 1.22 bits per heavy atom. The summed E-state index contributed by atoms with van der Waals surface area (Å²) in [6.07, 6.45) is 1.48. The van der Waals surface area contributed by atoms with Gasteiger partial charge in [-0.05, 0) is 18.6 Å². The van der Waals surface area contributed by atoms with Crippen molar-refractivity contribution < 1.29 is 14.4 Å². The predicted molar refractivity (Wildman–Crippen MR) is 98.3 cm³/mol. The van der Waals surface area contributed by atoms with Gasteiger partial charge in [-0.3, -0.25) is 24.0 Å². The SMILES string of the molecule is Cn1nc2c(c1NC(=O)CCCN1C(=O)c3ccccc3C1=O)CNCC2. The summed E-state index contributed by atoms with van der Waals surface area (Å²) < 4.78 is 1.69. The topological polar surface area (TPSA) is 96.3 Å². The Hall–Kier alpha value is -3.00. The van der Waals surface area contributed by atoms with Gasteiger partial charge in [-0.15, -0.1) is 0 Å². The van der Waals surface area contributed by atoms with E-state index in [0.29, 0.717) is 29.9 Å². The Bertz CT molecular complexity index is 898. The zero-order chi connectivity index (χ0) is 19.0. The predicted octanol–water partition coefficient (Wildman–Crippen LogP) is 1.08. The van der Waals surface area contributed by atoms with Gasteiger partial charge in [0.2, 0.25) is 5.91 Å². The van der Waals surface area contributed by atoms with E-state index in [9.17, 15) is 14.4 Å². The molecular formula is C19H21N5O3. The van der Waals surface area contributed by atoms with Crippen molar-refractivity contribution in [3.05, 3.63) is 46.6 Å². The van der Waals surface area contributed by atoms with Crippen LogP contribution in [0.2, 0.25) is 0 Å². The summed E-state index contributed by atoms with van der Waals surface area (Å²) in [6, 6.07) is 6.79. The van der Waals surface area contributed by atoms with Crippen LogP contribution in [0.5, 0.6) is 0 Å². The molecule has 2 N–H and O–H groups in total. The van der Waals surface area contributed by atoms with Gasteiger partial charge >= 0.3 is 0 Å². The second kappa shape index (κ2) is 6.96. The van der Waals surface area contributed by atoms with Gasteiger partial charge < -0.3 is 10.6 Å². The standard InChI is InChI=1S/C19H21N5O3/c1-23-17(14-11-20-9-8-15(14)22-23)21-16(25)7-4-10-24-18(26)12-5-2-3-6-13(12)19(24)27/h2-3,5-6,20H,4,7-11H2,1H3,(H,21,25). The van der Waals surface area contributed by atoms with Crippen LogP contribution < -0.4 is 10.6 Å². The van der Waals surface area contributed by atoms with Gasteiger partial charge in [-0.25, -0.2) is 0 Å². The molecule has 0 bridgehead atoms. The molecule has 140 valence electrons. The van der Waals surface area contributed by atoms with Crippen LogP contribution in [-0.2, 0) is 24.8 Å². The van der Waals surface area contributed by atoms with E-state index in [0.717, 1.165) is 24.2 Å². The van der Waals surface area contributed by atoms with Gasteiger partial charge in [0.25, 0.3) is 11.8 Å². The molecule has 3 amide bonds. The number of fused-ring (bicyclic) bond motifs is 2. The average Bonchev–Trinajstić information content (AvgIpc) is 3.11. The van der Waals surface area contributed by atoms with Crippen molar-refractivity contribution in [3.63, 3.8) is 0 Å². The van der Waals surface area contributed by atoms with Crippen LogP contribution in [0.25, 0.3) is 0 Å². The minimum Gasteiger partial charge on any atom is -0.312 e. The molecule has 2 aromatic rings. The Morgan fingerprint density at radius 2 is 1.93 bits per heavy atom.